The van der Waals surface area contributed by atoms with Crippen molar-refractivity contribution >= 4 is 11.6 Å². The maximum Gasteiger partial charge on any atom is 0.471 e. The van der Waals surface area contributed by atoms with E-state index in [2.05, 4.69) is 14.7 Å². The molecule has 1 aromatic heterocycles. The highest BCUT2D eigenvalue weighted by atomic mass is 35.5. The van der Waals surface area contributed by atoms with E-state index in [0.29, 0.717) is 0 Å². The molecule has 1 atom stereocenters. The van der Waals surface area contributed by atoms with E-state index in [1.807, 2.05) is 0 Å². The van der Waals surface area contributed by atoms with Gasteiger partial charge in [0.1, 0.15) is 5.82 Å². The molecule has 0 fully saturated rings. The first-order valence-electron chi connectivity index (χ1n) is 4.90. The summed E-state index contributed by atoms with van der Waals surface area (Å²) in [5.41, 5.74) is 5.86. The molecule has 0 spiro atoms. The summed E-state index contributed by atoms with van der Waals surface area (Å²) in [5.74, 6) is -2.48. The second-order valence-electron chi connectivity index (χ2n) is 3.60. The van der Waals surface area contributed by atoms with Gasteiger partial charge < -0.3 is 10.3 Å². The van der Waals surface area contributed by atoms with Crippen molar-refractivity contribution in [2.75, 3.05) is 0 Å². The van der Waals surface area contributed by atoms with E-state index in [9.17, 15) is 17.6 Å². The Labute approximate surface area is 109 Å². The maximum absolute atomic E-state index is 12.8. The van der Waals surface area contributed by atoms with E-state index in [1.165, 1.54) is 6.07 Å². The van der Waals surface area contributed by atoms with Crippen LogP contribution in [0.2, 0.25) is 5.02 Å². The predicted octanol–water partition coefficient (Wildman–Crippen LogP) is 2.93. The van der Waals surface area contributed by atoms with Crippen LogP contribution in [0.3, 0.4) is 0 Å². The molecule has 1 unspecified atom stereocenters. The molecule has 1 aromatic carbocycles. The van der Waals surface area contributed by atoms with Crippen LogP contribution in [0.1, 0.15) is 23.3 Å². The SMILES string of the molecule is NC(c1noc(C(F)(F)F)n1)c1ccc(F)cc1Cl. The lowest BCUT2D eigenvalue weighted by Gasteiger charge is -2.09. The molecule has 2 rings (SSSR count). The molecule has 0 saturated heterocycles. The molecule has 19 heavy (non-hydrogen) atoms. The zero-order valence-corrected chi connectivity index (χ0v) is 9.84. The molecule has 0 bridgehead atoms. The number of alkyl halides is 3. The number of nitrogens with zero attached hydrogens (tertiary/aromatic N) is 2. The Hall–Kier alpha value is -1.67. The zero-order valence-electron chi connectivity index (χ0n) is 9.08. The number of aromatic nitrogens is 2. The normalized spacial score (nSPS) is 13.6. The van der Waals surface area contributed by atoms with E-state index < -0.39 is 23.9 Å². The van der Waals surface area contributed by atoms with Crippen LogP contribution in [-0.4, -0.2) is 10.1 Å². The van der Waals surface area contributed by atoms with Gasteiger partial charge in [0.15, 0.2) is 5.82 Å². The monoisotopic (exact) mass is 295 g/mol. The molecule has 0 saturated carbocycles. The highest BCUT2D eigenvalue weighted by molar-refractivity contribution is 6.31. The van der Waals surface area contributed by atoms with Crippen molar-refractivity contribution in [1.82, 2.24) is 10.1 Å². The van der Waals surface area contributed by atoms with Crippen LogP contribution >= 0.6 is 11.6 Å². The molecule has 9 heteroatoms. The number of hydrogen-bond acceptors (Lipinski definition) is 4. The fourth-order valence-electron chi connectivity index (χ4n) is 1.37. The van der Waals surface area contributed by atoms with Gasteiger partial charge in [-0.25, -0.2) is 4.39 Å². The summed E-state index contributed by atoms with van der Waals surface area (Å²) in [7, 11) is 0. The van der Waals surface area contributed by atoms with Gasteiger partial charge in [-0.05, 0) is 17.7 Å². The van der Waals surface area contributed by atoms with Crippen molar-refractivity contribution < 1.29 is 22.1 Å². The van der Waals surface area contributed by atoms with Crippen molar-refractivity contribution in [3.05, 3.63) is 46.3 Å². The van der Waals surface area contributed by atoms with Crippen LogP contribution in [0.4, 0.5) is 17.6 Å². The zero-order chi connectivity index (χ0) is 14.2. The van der Waals surface area contributed by atoms with Gasteiger partial charge in [-0.2, -0.15) is 18.2 Å². The molecule has 0 aliphatic rings. The Kier molecular flexibility index (Phi) is 3.46. The number of nitrogens with two attached hydrogens (primary N) is 1. The second kappa shape index (κ2) is 4.78. The van der Waals surface area contributed by atoms with Crippen molar-refractivity contribution in [2.45, 2.75) is 12.2 Å². The average molecular weight is 296 g/mol. The summed E-state index contributed by atoms with van der Waals surface area (Å²) in [4.78, 5) is 3.14. The van der Waals surface area contributed by atoms with Crippen molar-refractivity contribution in [2.24, 2.45) is 5.73 Å². The Morgan fingerprint density at radius 3 is 2.53 bits per heavy atom. The molecule has 2 N–H and O–H groups in total. The summed E-state index contributed by atoms with van der Waals surface area (Å²) >= 11 is 5.74. The van der Waals surface area contributed by atoms with E-state index in [0.717, 1.165) is 12.1 Å². The third kappa shape index (κ3) is 2.85. The smallest absolute Gasteiger partial charge is 0.329 e. The molecule has 4 nitrogen and oxygen atoms in total. The van der Waals surface area contributed by atoms with Crippen LogP contribution in [0.5, 0.6) is 0 Å². The molecule has 0 aliphatic heterocycles. The molecule has 2 aromatic rings. The van der Waals surface area contributed by atoms with Crippen LogP contribution in [0, 0.1) is 5.82 Å². The van der Waals surface area contributed by atoms with E-state index in [4.69, 9.17) is 17.3 Å². The highest BCUT2D eigenvalue weighted by Gasteiger charge is 2.39. The lowest BCUT2D eigenvalue weighted by atomic mass is 10.1. The fourth-order valence-corrected chi connectivity index (χ4v) is 1.65. The number of hydrogen-bond donors (Lipinski definition) is 1. The second-order valence-corrected chi connectivity index (χ2v) is 4.01. The quantitative estimate of drug-likeness (QED) is 0.865. The summed E-state index contributed by atoms with van der Waals surface area (Å²) in [6.07, 6.45) is -4.75. The van der Waals surface area contributed by atoms with Crippen LogP contribution < -0.4 is 5.73 Å². The Morgan fingerprint density at radius 1 is 1.32 bits per heavy atom. The molecule has 0 amide bonds. The minimum absolute atomic E-state index is 0.0362. The molecule has 0 radical (unpaired) electrons. The maximum atomic E-state index is 12.8. The van der Waals surface area contributed by atoms with E-state index in [-0.39, 0.29) is 16.4 Å². The fraction of sp³-hybridized carbons (Fsp3) is 0.200. The van der Waals surface area contributed by atoms with Crippen LogP contribution in [0.25, 0.3) is 0 Å². The molecular formula is C10H6ClF4N3O. The Bertz CT molecular complexity index is 599. The third-order valence-electron chi connectivity index (χ3n) is 2.26. The number of rotatable bonds is 2. The minimum Gasteiger partial charge on any atom is -0.329 e. The first-order valence-corrected chi connectivity index (χ1v) is 5.28. The summed E-state index contributed by atoms with van der Waals surface area (Å²) in [6, 6.07) is 2.16. The first-order chi connectivity index (χ1) is 8.79. The van der Waals surface area contributed by atoms with Gasteiger partial charge in [-0.15, -0.1) is 0 Å². The minimum atomic E-state index is -4.75. The largest absolute Gasteiger partial charge is 0.471 e. The van der Waals surface area contributed by atoms with Gasteiger partial charge >= 0.3 is 12.1 Å². The van der Waals surface area contributed by atoms with Gasteiger partial charge in [-0.3, -0.25) is 0 Å². The topological polar surface area (TPSA) is 64.9 Å². The van der Waals surface area contributed by atoms with Crippen molar-refractivity contribution in [3.63, 3.8) is 0 Å². The van der Waals surface area contributed by atoms with Crippen molar-refractivity contribution in [3.8, 4) is 0 Å². The molecule has 1 heterocycles. The summed E-state index contributed by atoms with van der Waals surface area (Å²) in [6.45, 7) is 0. The molecular weight excluding hydrogens is 290 g/mol. The summed E-state index contributed by atoms with van der Waals surface area (Å²) < 4.78 is 53.8. The van der Waals surface area contributed by atoms with Crippen molar-refractivity contribution in [1.29, 1.82) is 0 Å². The van der Waals surface area contributed by atoms with Gasteiger partial charge in [0.2, 0.25) is 0 Å². The van der Waals surface area contributed by atoms with Crippen LogP contribution in [0.15, 0.2) is 22.7 Å². The van der Waals surface area contributed by atoms with Gasteiger partial charge in [-0.1, -0.05) is 22.8 Å². The van der Waals surface area contributed by atoms with E-state index in [1.54, 1.807) is 0 Å². The lowest BCUT2D eigenvalue weighted by molar-refractivity contribution is -0.159. The number of halogens is 5. The van der Waals surface area contributed by atoms with Gasteiger partial charge in [0, 0.05) is 5.02 Å². The standard InChI is InChI=1S/C10H6ClF4N3O/c11-6-3-4(12)1-2-5(6)7(16)8-17-9(19-18-8)10(13,14)15/h1-3,7H,16H2. The van der Waals surface area contributed by atoms with Crippen LogP contribution in [-0.2, 0) is 6.18 Å². The molecule has 102 valence electrons. The average Bonchev–Trinajstić information content (AvgIpc) is 2.76. The highest BCUT2D eigenvalue weighted by Crippen LogP contribution is 2.30. The Balaban J connectivity index is 2.34. The molecule has 0 aliphatic carbocycles. The Morgan fingerprint density at radius 2 is 2.00 bits per heavy atom. The lowest BCUT2D eigenvalue weighted by Crippen LogP contribution is -2.15. The summed E-state index contributed by atoms with van der Waals surface area (Å²) in [5, 5.41) is 3.10. The van der Waals surface area contributed by atoms with Gasteiger partial charge in [0.05, 0.1) is 6.04 Å². The van der Waals surface area contributed by atoms with E-state index >= 15 is 0 Å². The first kappa shape index (κ1) is 13.8. The van der Waals surface area contributed by atoms with Gasteiger partial charge in [0.25, 0.3) is 0 Å². The predicted molar refractivity (Wildman–Crippen MR) is 56.7 cm³/mol. The number of benzene rings is 1. The third-order valence-corrected chi connectivity index (χ3v) is 2.59.